The summed E-state index contributed by atoms with van der Waals surface area (Å²) in [6.07, 6.45) is 12.4. The molecule has 0 aromatic rings. The summed E-state index contributed by atoms with van der Waals surface area (Å²) in [5.74, 6) is -0.972. The van der Waals surface area contributed by atoms with Crippen LogP contribution < -0.4 is 5.32 Å². The highest BCUT2D eigenvalue weighted by Crippen LogP contribution is 2.45. The van der Waals surface area contributed by atoms with Crippen molar-refractivity contribution in [3.63, 3.8) is 0 Å². The number of hydrogen-bond donors (Lipinski definition) is 4. The lowest BCUT2D eigenvalue weighted by Gasteiger charge is -2.53. The van der Waals surface area contributed by atoms with Crippen molar-refractivity contribution >= 4 is 23.3 Å². The number of ketones is 1. The molecular formula is C22H34ClNO6. The van der Waals surface area contributed by atoms with E-state index in [9.17, 15) is 19.8 Å². The molecule has 1 heterocycles. The SMILES string of the molecule is CC12OC(O)C(NC(=O)C=CCCCCCCCCCO)CC1(O)C(=O)C=CC2Cl. The van der Waals surface area contributed by atoms with Crippen LogP contribution in [0.25, 0.3) is 0 Å². The van der Waals surface area contributed by atoms with Crippen molar-refractivity contribution in [2.24, 2.45) is 0 Å². The number of amides is 1. The fourth-order valence-electron chi connectivity index (χ4n) is 3.99. The Bertz CT molecular complexity index is 654. The Labute approximate surface area is 183 Å². The van der Waals surface area contributed by atoms with Crippen LogP contribution in [0.1, 0.15) is 64.7 Å². The average Bonchev–Trinajstić information content (AvgIpc) is 2.70. The van der Waals surface area contributed by atoms with Gasteiger partial charge in [0.1, 0.15) is 5.60 Å². The van der Waals surface area contributed by atoms with E-state index < -0.39 is 40.6 Å². The largest absolute Gasteiger partial charge is 0.396 e. The number of allylic oxidation sites excluding steroid dienone is 1. The molecule has 4 N–H and O–H groups in total. The molecule has 30 heavy (non-hydrogen) atoms. The number of aliphatic hydroxyl groups is 3. The zero-order valence-corrected chi connectivity index (χ0v) is 18.3. The van der Waals surface area contributed by atoms with Gasteiger partial charge in [-0.3, -0.25) is 9.59 Å². The molecule has 1 amide bonds. The van der Waals surface area contributed by atoms with Gasteiger partial charge < -0.3 is 25.4 Å². The van der Waals surface area contributed by atoms with Gasteiger partial charge in [-0.05, 0) is 38.3 Å². The van der Waals surface area contributed by atoms with E-state index in [4.69, 9.17) is 21.4 Å². The summed E-state index contributed by atoms with van der Waals surface area (Å²) in [6, 6.07) is -0.932. The first-order valence-corrected chi connectivity index (χ1v) is 11.2. The van der Waals surface area contributed by atoms with Crippen LogP contribution in [0.4, 0.5) is 0 Å². The minimum atomic E-state index is -1.92. The van der Waals surface area contributed by atoms with Crippen LogP contribution in [0.5, 0.6) is 0 Å². The number of carbonyl (C=O) groups excluding carboxylic acids is 2. The minimum absolute atomic E-state index is 0.188. The quantitative estimate of drug-likeness (QED) is 0.221. The number of carbonyl (C=O) groups is 2. The standard InChI is InChI=1S/C22H34ClNO6/c1-21-17(23)12-13-18(26)22(21,29)15-16(20(28)30-21)24-19(27)11-9-7-5-3-2-4-6-8-10-14-25/h9,11-13,16-17,20,25,28-29H,2-8,10,14-15H2,1H3,(H,24,27). The lowest BCUT2D eigenvalue weighted by atomic mass is 9.69. The maximum Gasteiger partial charge on any atom is 0.244 e. The molecule has 0 aromatic heterocycles. The van der Waals surface area contributed by atoms with Gasteiger partial charge in [0, 0.05) is 13.0 Å². The van der Waals surface area contributed by atoms with Crippen molar-refractivity contribution in [1.82, 2.24) is 5.32 Å². The Morgan fingerprint density at radius 2 is 1.90 bits per heavy atom. The van der Waals surface area contributed by atoms with E-state index in [1.54, 1.807) is 6.08 Å². The summed E-state index contributed by atoms with van der Waals surface area (Å²) < 4.78 is 5.53. The third-order valence-electron chi connectivity index (χ3n) is 6.02. The maximum atomic E-state index is 12.3. The molecule has 2 rings (SSSR count). The number of aliphatic hydroxyl groups excluding tert-OH is 2. The zero-order valence-electron chi connectivity index (χ0n) is 17.6. The summed E-state index contributed by atoms with van der Waals surface area (Å²) in [5, 5.41) is 31.8. The molecule has 0 radical (unpaired) electrons. The van der Waals surface area contributed by atoms with Crippen molar-refractivity contribution < 1.29 is 29.6 Å². The number of unbranched alkanes of at least 4 members (excludes halogenated alkanes) is 7. The Morgan fingerprint density at radius 1 is 1.27 bits per heavy atom. The van der Waals surface area contributed by atoms with Crippen molar-refractivity contribution in [2.75, 3.05) is 6.61 Å². The van der Waals surface area contributed by atoms with Crippen LogP contribution in [0.15, 0.2) is 24.3 Å². The van der Waals surface area contributed by atoms with Gasteiger partial charge in [0.15, 0.2) is 17.7 Å². The summed E-state index contributed by atoms with van der Waals surface area (Å²) in [4.78, 5) is 24.5. The van der Waals surface area contributed by atoms with E-state index in [1.165, 1.54) is 25.2 Å². The molecule has 5 atom stereocenters. The summed E-state index contributed by atoms with van der Waals surface area (Å²) in [6.45, 7) is 1.75. The molecule has 1 fully saturated rings. The average molecular weight is 444 g/mol. The number of fused-ring (bicyclic) bond motifs is 1. The Balaban J connectivity index is 1.76. The number of alkyl halides is 1. The van der Waals surface area contributed by atoms with E-state index in [2.05, 4.69) is 5.32 Å². The van der Waals surface area contributed by atoms with Gasteiger partial charge in [-0.25, -0.2) is 0 Å². The molecule has 0 spiro atoms. The number of rotatable bonds is 11. The smallest absolute Gasteiger partial charge is 0.244 e. The molecule has 5 unspecified atom stereocenters. The predicted molar refractivity (Wildman–Crippen MR) is 114 cm³/mol. The van der Waals surface area contributed by atoms with Crippen LogP contribution >= 0.6 is 11.6 Å². The normalized spacial score (nSPS) is 33.6. The summed E-state index contributed by atoms with van der Waals surface area (Å²) in [7, 11) is 0. The van der Waals surface area contributed by atoms with Crippen LogP contribution in [0.2, 0.25) is 0 Å². The number of hydrogen-bond acceptors (Lipinski definition) is 6. The monoisotopic (exact) mass is 443 g/mol. The zero-order chi connectivity index (χ0) is 22.2. The molecule has 0 aromatic carbocycles. The van der Waals surface area contributed by atoms with Crippen molar-refractivity contribution in [1.29, 1.82) is 0 Å². The van der Waals surface area contributed by atoms with Gasteiger partial charge in [0.05, 0.1) is 11.4 Å². The first-order valence-electron chi connectivity index (χ1n) is 10.8. The van der Waals surface area contributed by atoms with Gasteiger partial charge in [-0.15, -0.1) is 11.6 Å². The molecule has 0 saturated carbocycles. The molecule has 8 heteroatoms. The maximum absolute atomic E-state index is 12.3. The van der Waals surface area contributed by atoms with Crippen molar-refractivity contribution in [3.05, 3.63) is 24.3 Å². The van der Waals surface area contributed by atoms with E-state index >= 15 is 0 Å². The fourth-order valence-corrected chi connectivity index (χ4v) is 4.29. The summed E-state index contributed by atoms with van der Waals surface area (Å²) in [5.41, 5.74) is -3.40. The Kier molecular flexibility index (Phi) is 9.50. The second-order valence-electron chi connectivity index (χ2n) is 8.31. The molecular weight excluding hydrogens is 410 g/mol. The van der Waals surface area contributed by atoms with Crippen LogP contribution in [0, 0.1) is 0 Å². The molecule has 7 nitrogen and oxygen atoms in total. The van der Waals surface area contributed by atoms with Gasteiger partial charge in [-0.1, -0.05) is 44.3 Å². The molecule has 1 saturated heterocycles. The predicted octanol–water partition coefficient (Wildman–Crippen LogP) is 2.12. The van der Waals surface area contributed by atoms with Crippen LogP contribution in [-0.2, 0) is 14.3 Å². The van der Waals surface area contributed by atoms with E-state index in [-0.39, 0.29) is 13.0 Å². The number of nitrogens with one attached hydrogen (secondary N) is 1. The van der Waals surface area contributed by atoms with E-state index in [1.807, 2.05) is 0 Å². The second-order valence-corrected chi connectivity index (χ2v) is 8.78. The van der Waals surface area contributed by atoms with Gasteiger partial charge >= 0.3 is 0 Å². The third-order valence-corrected chi connectivity index (χ3v) is 6.58. The lowest BCUT2D eigenvalue weighted by molar-refractivity contribution is -0.281. The van der Waals surface area contributed by atoms with Crippen molar-refractivity contribution in [3.8, 4) is 0 Å². The van der Waals surface area contributed by atoms with Crippen LogP contribution in [0.3, 0.4) is 0 Å². The fraction of sp³-hybridized carbons (Fsp3) is 0.727. The molecule has 2 aliphatic rings. The number of ether oxygens (including phenoxy) is 1. The first kappa shape index (κ1) is 25.0. The minimum Gasteiger partial charge on any atom is -0.396 e. The topological polar surface area (TPSA) is 116 Å². The Morgan fingerprint density at radius 3 is 2.57 bits per heavy atom. The van der Waals surface area contributed by atoms with Gasteiger partial charge in [0.2, 0.25) is 5.91 Å². The third kappa shape index (κ3) is 5.92. The molecule has 0 bridgehead atoms. The van der Waals surface area contributed by atoms with E-state index in [0.717, 1.165) is 51.4 Å². The summed E-state index contributed by atoms with van der Waals surface area (Å²) >= 11 is 6.21. The van der Waals surface area contributed by atoms with Gasteiger partial charge in [0.25, 0.3) is 0 Å². The first-order chi connectivity index (χ1) is 14.2. The molecule has 1 aliphatic carbocycles. The highest BCUT2D eigenvalue weighted by atomic mass is 35.5. The lowest BCUT2D eigenvalue weighted by Crippen LogP contribution is -2.72. The molecule has 1 aliphatic heterocycles. The highest BCUT2D eigenvalue weighted by Gasteiger charge is 2.63. The highest BCUT2D eigenvalue weighted by molar-refractivity contribution is 6.24. The molecule has 170 valence electrons. The second kappa shape index (κ2) is 11.4. The Hall–Kier alpha value is -1.25. The van der Waals surface area contributed by atoms with Crippen molar-refractivity contribution in [2.45, 2.75) is 93.6 Å². The van der Waals surface area contributed by atoms with Gasteiger partial charge in [-0.2, -0.15) is 0 Å². The van der Waals surface area contributed by atoms with Crippen LogP contribution in [-0.4, -0.2) is 62.5 Å². The number of halogens is 1. The van der Waals surface area contributed by atoms with E-state index in [0.29, 0.717) is 0 Å².